The second-order valence-electron chi connectivity index (χ2n) is 4.92. The maximum atomic E-state index is 12.0. The number of ether oxygens (including phenoxy) is 1. The standard InChI is InChI=1S/C15H21NO3/c1-19-14-4-2-12(3-5-14)6-9-16-10-7-13(8-11-17)15(16)18/h2-5,13,17H,6-11H2,1H3/t13-/m0/s1. The molecule has 1 atom stereocenters. The Bertz CT molecular complexity index is 416. The highest BCUT2D eigenvalue weighted by Crippen LogP contribution is 2.21. The molecule has 1 aliphatic heterocycles. The largest absolute Gasteiger partial charge is 0.497 e. The fourth-order valence-electron chi connectivity index (χ4n) is 2.51. The van der Waals surface area contributed by atoms with Crippen molar-refractivity contribution in [1.29, 1.82) is 0 Å². The van der Waals surface area contributed by atoms with Gasteiger partial charge in [-0.05, 0) is 37.0 Å². The smallest absolute Gasteiger partial charge is 0.225 e. The molecule has 2 rings (SSSR count). The van der Waals surface area contributed by atoms with Gasteiger partial charge in [0.1, 0.15) is 5.75 Å². The van der Waals surface area contributed by atoms with Gasteiger partial charge in [0, 0.05) is 25.6 Å². The first-order valence-electron chi connectivity index (χ1n) is 6.77. The molecule has 1 aromatic carbocycles. The van der Waals surface area contributed by atoms with Gasteiger partial charge < -0.3 is 14.7 Å². The summed E-state index contributed by atoms with van der Waals surface area (Å²) in [5.74, 6) is 1.08. The summed E-state index contributed by atoms with van der Waals surface area (Å²) >= 11 is 0. The van der Waals surface area contributed by atoms with Crippen molar-refractivity contribution in [1.82, 2.24) is 4.90 Å². The first-order chi connectivity index (χ1) is 9.24. The van der Waals surface area contributed by atoms with Gasteiger partial charge in [-0.25, -0.2) is 0 Å². The zero-order valence-electron chi connectivity index (χ0n) is 11.3. The highest BCUT2D eigenvalue weighted by Gasteiger charge is 2.30. The molecule has 0 spiro atoms. The van der Waals surface area contributed by atoms with Gasteiger partial charge in [0.2, 0.25) is 5.91 Å². The Morgan fingerprint density at radius 1 is 1.37 bits per heavy atom. The summed E-state index contributed by atoms with van der Waals surface area (Å²) < 4.78 is 5.12. The summed E-state index contributed by atoms with van der Waals surface area (Å²) in [4.78, 5) is 13.9. The van der Waals surface area contributed by atoms with E-state index in [2.05, 4.69) is 0 Å². The molecule has 1 fully saturated rings. The van der Waals surface area contributed by atoms with Gasteiger partial charge in [-0.3, -0.25) is 4.79 Å². The van der Waals surface area contributed by atoms with E-state index in [1.807, 2.05) is 29.2 Å². The molecule has 1 N–H and O–H groups in total. The SMILES string of the molecule is COc1ccc(CCN2CC[C@@H](CCO)C2=O)cc1. The Kier molecular flexibility index (Phi) is 4.80. The van der Waals surface area contributed by atoms with Crippen LogP contribution in [0.4, 0.5) is 0 Å². The van der Waals surface area contributed by atoms with Gasteiger partial charge in [0.25, 0.3) is 0 Å². The third-order valence-corrected chi connectivity index (χ3v) is 3.72. The number of benzene rings is 1. The lowest BCUT2D eigenvalue weighted by Crippen LogP contribution is -2.29. The van der Waals surface area contributed by atoms with Crippen LogP contribution < -0.4 is 4.74 Å². The van der Waals surface area contributed by atoms with Gasteiger partial charge in [-0.2, -0.15) is 0 Å². The molecule has 1 heterocycles. The summed E-state index contributed by atoms with van der Waals surface area (Å²) in [5.41, 5.74) is 1.21. The Morgan fingerprint density at radius 3 is 2.74 bits per heavy atom. The van der Waals surface area contributed by atoms with E-state index in [-0.39, 0.29) is 18.4 Å². The third-order valence-electron chi connectivity index (χ3n) is 3.72. The Morgan fingerprint density at radius 2 is 2.11 bits per heavy atom. The molecule has 0 radical (unpaired) electrons. The fraction of sp³-hybridized carbons (Fsp3) is 0.533. The molecule has 19 heavy (non-hydrogen) atoms. The summed E-state index contributed by atoms with van der Waals surface area (Å²) in [7, 11) is 1.65. The van der Waals surface area contributed by atoms with Crippen molar-refractivity contribution in [2.45, 2.75) is 19.3 Å². The third kappa shape index (κ3) is 3.47. The van der Waals surface area contributed by atoms with Crippen molar-refractivity contribution < 1.29 is 14.6 Å². The van der Waals surface area contributed by atoms with E-state index >= 15 is 0 Å². The highest BCUT2D eigenvalue weighted by atomic mass is 16.5. The molecule has 0 aromatic heterocycles. The van der Waals surface area contributed by atoms with Gasteiger partial charge in [-0.1, -0.05) is 12.1 Å². The number of carbonyl (C=O) groups excluding carboxylic acids is 1. The number of nitrogens with zero attached hydrogens (tertiary/aromatic N) is 1. The first kappa shape index (κ1) is 13.9. The van der Waals surface area contributed by atoms with Gasteiger partial charge in [0.15, 0.2) is 0 Å². The number of aliphatic hydroxyl groups excluding tert-OH is 1. The van der Waals surface area contributed by atoms with Gasteiger partial charge in [0.05, 0.1) is 7.11 Å². The van der Waals surface area contributed by atoms with E-state index in [1.54, 1.807) is 7.11 Å². The predicted molar refractivity (Wildman–Crippen MR) is 73.1 cm³/mol. The summed E-state index contributed by atoms with van der Waals surface area (Å²) in [6.45, 7) is 1.68. The number of likely N-dealkylation sites (tertiary alicyclic amines) is 1. The van der Waals surface area contributed by atoms with Crippen LogP contribution in [-0.4, -0.2) is 42.7 Å². The van der Waals surface area contributed by atoms with E-state index in [4.69, 9.17) is 9.84 Å². The van der Waals surface area contributed by atoms with E-state index in [0.717, 1.165) is 31.7 Å². The normalized spacial score (nSPS) is 18.9. The van der Waals surface area contributed by atoms with Crippen LogP contribution in [-0.2, 0) is 11.2 Å². The van der Waals surface area contributed by atoms with E-state index in [9.17, 15) is 4.79 Å². The van der Waals surface area contributed by atoms with Crippen molar-refractivity contribution in [2.75, 3.05) is 26.8 Å². The minimum Gasteiger partial charge on any atom is -0.497 e. The van der Waals surface area contributed by atoms with Crippen LogP contribution in [0.25, 0.3) is 0 Å². The van der Waals surface area contributed by atoms with Crippen LogP contribution in [0.5, 0.6) is 5.75 Å². The quantitative estimate of drug-likeness (QED) is 0.845. The minimum absolute atomic E-state index is 0.0286. The van der Waals surface area contributed by atoms with E-state index in [0.29, 0.717) is 6.42 Å². The molecule has 1 amide bonds. The molecule has 1 aliphatic rings. The monoisotopic (exact) mass is 263 g/mol. The molecule has 1 aromatic rings. The lowest BCUT2D eigenvalue weighted by atomic mass is 10.1. The Hall–Kier alpha value is -1.55. The van der Waals surface area contributed by atoms with Crippen LogP contribution >= 0.6 is 0 Å². The molecule has 0 unspecified atom stereocenters. The number of hydrogen-bond acceptors (Lipinski definition) is 3. The van der Waals surface area contributed by atoms with Crippen molar-refractivity contribution >= 4 is 5.91 Å². The van der Waals surface area contributed by atoms with Gasteiger partial charge in [-0.15, -0.1) is 0 Å². The van der Waals surface area contributed by atoms with Crippen molar-refractivity contribution in [2.24, 2.45) is 5.92 Å². The number of carbonyl (C=O) groups is 1. The number of methoxy groups -OCH3 is 1. The molecule has 4 heteroatoms. The second kappa shape index (κ2) is 6.57. The fourth-order valence-corrected chi connectivity index (χ4v) is 2.51. The van der Waals surface area contributed by atoms with Crippen LogP contribution in [0.1, 0.15) is 18.4 Å². The maximum absolute atomic E-state index is 12.0. The highest BCUT2D eigenvalue weighted by molar-refractivity contribution is 5.80. The lowest BCUT2D eigenvalue weighted by molar-refractivity contribution is -0.131. The predicted octanol–water partition coefficient (Wildman–Crippen LogP) is 1.47. The van der Waals surface area contributed by atoms with Crippen molar-refractivity contribution in [3.05, 3.63) is 29.8 Å². The number of rotatable bonds is 6. The van der Waals surface area contributed by atoms with E-state index in [1.165, 1.54) is 5.56 Å². The minimum atomic E-state index is 0.0286. The summed E-state index contributed by atoms with van der Waals surface area (Å²) in [6.07, 6.45) is 2.33. The lowest BCUT2D eigenvalue weighted by Gasteiger charge is -2.16. The number of aliphatic hydroxyl groups is 1. The van der Waals surface area contributed by atoms with Crippen LogP contribution in [0.2, 0.25) is 0 Å². The zero-order chi connectivity index (χ0) is 13.7. The average molecular weight is 263 g/mol. The molecule has 104 valence electrons. The molecule has 1 saturated heterocycles. The topological polar surface area (TPSA) is 49.8 Å². The van der Waals surface area contributed by atoms with Gasteiger partial charge >= 0.3 is 0 Å². The molecule has 0 aliphatic carbocycles. The molecular formula is C15H21NO3. The van der Waals surface area contributed by atoms with E-state index < -0.39 is 0 Å². The van der Waals surface area contributed by atoms with Crippen LogP contribution in [0, 0.1) is 5.92 Å². The first-order valence-corrected chi connectivity index (χ1v) is 6.77. The number of hydrogen-bond donors (Lipinski definition) is 1. The Labute approximate surface area is 114 Å². The Balaban J connectivity index is 1.83. The summed E-state index contributed by atoms with van der Waals surface area (Å²) in [5, 5.41) is 8.91. The molecule has 4 nitrogen and oxygen atoms in total. The van der Waals surface area contributed by atoms with Crippen molar-refractivity contribution in [3.63, 3.8) is 0 Å². The number of amides is 1. The summed E-state index contributed by atoms with van der Waals surface area (Å²) in [6, 6.07) is 7.95. The molecular weight excluding hydrogens is 242 g/mol. The zero-order valence-corrected chi connectivity index (χ0v) is 11.3. The van der Waals surface area contributed by atoms with Crippen molar-refractivity contribution in [3.8, 4) is 5.75 Å². The molecule has 0 saturated carbocycles. The van der Waals surface area contributed by atoms with Crippen LogP contribution in [0.15, 0.2) is 24.3 Å². The van der Waals surface area contributed by atoms with Crippen LogP contribution in [0.3, 0.4) is 0 Å². The maximum Gasteiger partial charge on any atom is 0.225 e. The average Bonchev–Trinajstić information content (AvgIpc) is 2.79. The second-order valence-corrected chi connectivity index (χ2v) is 4.92. The molecule has 0 bridgehead atoms.